The maximum atomic E-state index is 12.1. The molecule has 124 valence electrons. The number of fused-ring (bicyclic) bond motifs is 5. The number of Topliss-reactive ketones (excluding diaryl/α,β-unsaturated/α-hetero) is 1. The molecule has 0 aliphatic heterocycles. The lowest BCUT2D eigenvalue weighted by atomic mass is 9.44. The second kappa shape index (κ2) is 4.80. The summed E-state index contributed by atoms with van der Waals surface area (Å²) in [5, 5.41) is 21.0. The number of hydrogen-bond acceptors (Lipinski definition) is 3. The molecular weight excluding hydrogens is 276 g/mol. The fourth-order valence-corrected chi connectivity index (χ4v) is 7.18. The minimum absolute atomic E-state index is 0.0625. The molecule has 0 bridgehead atoms. The molecule has 22 heavy (non-hydrogen) atoms. The summed E-state index contributed by atoms with van der Waals surface area (Å²) >= 11 is 0. The van der Waals surface area contributed by atoms with Crippen molar-refractivity contribution in [2.75, 3.05) is 0 Å². The molecule has 8 atom stereocenters. The van der Waals surface area contributed by atoms with E-state index >= 15 is 0 Å². The summed E-state index contributed by atoms with van der Waals surface area (Å²) in [5.41, 5.74) is 0.238. The van der Waals surface area contributed by atoms with E-state index in [4.69, 9.17) is 0 Å². The van der Waals surface area contributed by atoms with Crippen LogP contribution in [0.2, 0.25) is 0 Å². The first-order valence-corrected chi connectivity index (χ1v) is 9.21. The lowest BCUT2D eigenvalue weighted by Gasteiger charge is -2.61. The van der Waals surface area contributed by atoms with Gasteiger partial charge in [-0.1, -0.05) is 13.8 Å². The zero-order chi connectivity index (χ0) is 15.7. The summed E-state index contributed by atoms with van der Waals surface area (Å²) in [5.74, 6) is 2.30. The van der Waals surface area contributed by atoms with Crippen molar-refractivity contribution in [2.24, 2.45) is 34.5 Å². The van der Waals surface area contributed by atoms with Crippen LogP contribution >= 0.6 is 0 Å². The van der Waals surface area contributed by atoms with Crippen LogP contribution in [0.25, 0.3) is 0 Å². The maximum Gasteiger partial charge on any atom is 0.133 e. The second-order valence-electron chi connectivity index (χ2n) is 9.34. The van der Waals surface area contributed by atoms with Crippen LogP contribution in [0.5, 0.6) is 0 Å². The first-order chi connectivity index (χ1) is 10.3. The molecule has 4 rings (SSSR count). The predicted molar refractivity (Wildman–Crippen MR) is 84.1 cm³/mol. The summed E-state index contributed by atoms with van der Waals surface area (Å²) in [6, 6.07) is 0. The maximum absolute atomic E-state index is 12.1. The molecule has 0 aromatic carbocycles. The van der Waals surface area contributed by atoms with Crippen molar-refractivity contribution >= 4 is 5.78 Å². The first kappa shape index (κ1) is 15.1. The van der Waals surface area contributed by atoms with Gasteiger partial charge in [-0.25, -0.2) is 0 Å². The Balaban J connectivity index is 1.69. The van der Waals surface area contributed by atoms with E-state index in [1.54, 1.807) is 0 Å². The molecule has 2 N–H and O–H groups in total. The lowest BCUT2D eigenvalue weighted by Crippen LogP contribution is -2.57. The third kappa shape index (κ3) is 1.97. The number of carbonyl (C=O) groups excluding carboxylic acids is 1. The van der Waals surface area contributed by atoms with E-state index in [1.807, 2.05) is 0 Å². The number of carbonyl (C=O) groups is 1. The minimum Gasteiger partial charge on any atom is -0.393 e. The van der Waals surface area contributed by atoms with Crippen LogP contribution in [-0.4, -0.2) is 28.2 Å². The van der Waals surface area contributed by atoms with Crippen molar-refractivity contribution in [3.05, 3.63) is 0 Å². The Bertz CT molecular complexity index is 489. The normalized spacial score (nSPS) is 57.9. The summed E-state index contributed by atoms with van der Waals surface area (Å²) < 4.78 is 0. The van der Waals surface area contributed by atoms with Gasteiger partial charge < -0.3 is 10.2 Å². The lowest BCUT2D eigenvalue weighted by molar-refractivity contribution is -0.168. The van der Waals surface area contributed by atoms with Crippen molar-refractivity contribution < 1.29 is 15.0 Å². The monoisotopic (exact) mass is 306 g/mol. The third-order valence-electron chi connectivity index (χ3n) is 8.16. The summed E-state index contributed by atoms with van der Waals surface area (Å²) in [6.45, 7) is 4.62. The predicted octanol–water partition coefficient (Wildman–Crippen LogP) is 2.93. The number of aliphatic hydroxyl groups is 2. The summed E-state index contributed by atoms with van der Waals surface area (Å²) in [7, 11) is 0. The standard InChI is InChI=1S/C19H30O3/c1-18-6-5-14-13(16(18)7-12(21)9-18)8-17(22)15-4-3-11(20)10-19(14,15)2/h11,13-17,20,22H,3-10H2,1-2H3/t11-,13+,14-,15+,16-,17-,18+,19+/m0/s1. The van der Waals surface area contributed by atoms with Crippen LogP contribution in [0.4, 0.5) is 0 Å². The van der Waals surface area contributed by atoms with Gasteiger partial charge in [-0.05, 0) is 73.0 Å². The molecular formula is C19H30O3. The van der Waals surface area contributed by atoms with Crippen LogP contribution < -0.4 is 0 Å². The highest BCUT2D eigenvalue weighted by atomic mass is 16.3. The van der Waals surface area contributed by atoms with E-state index in [9.17, 15) is 15.0 Å². The van der Waals surface area contributed by atoms with E-state index in [-0.39, 0.29) is 23.0 Å². The van der Waals surface area contributed by atoms with Gasteiger partial charge in [0.2, 0.25) is 0 Å². The first-order valence-electron chi connectivity index (χ1n) is 9.21. The van der Waals surface area contributed by atoms with Gasteiger partial charge in [-0.3, -0.25) is 4.79 Å². The van der Waals surface area contributed by atoms with E-state index in [2.05, 4.69) is 13.8 Å². The van der Waals surface area contributed by atoms with Gasteiger partial charge in [0.15, 0.2) is 0 Å². The molecule has 0 unspecified atom stereocenters. The van der Waals surface area contributed by atoms with E-state index in [0.29, 0.717) is 29.5 Å². The fourth-order valence-electron chi connectivity index (χ4n) is 7.18. The Kier molecular flexibility index (Phi) is 3.30. The van der Waals surface area contributed by atoms with E-state index in [1.165, 1.54) is 6.42 Å². The second-order valence-corrected chi connectivity index (χ2v) is 9.34. The third-order valence-corrected chi connectivity index (χ3v) is 8.16. The molecule has 3 nitrogen and oxygen atoms in total. The Morgan fingerprint density at radius 2 is 1.82 bits per heavy atom. The van der Waals surface area contributed by atoms with Crippen LogP contribution in [0.1, 0.15) is 65.2 Å². The Hall–Kier alpha value is -0.410. The number of rotatable bonds is 0. The van der Waals surface area contributed by atoms with E-state index in [0.717, 1.165) is 44.9 Å². The molecule has 0 spiro atoms. The zero-order valence-electron chi connectivity index (χ0n) is 13.9. The molecule has 0 aromatic rings. The molecule has 4 aliphatic carbocycles. The van der Waals surface area contributed by atoms with E-state index < -0.39 is 0 Å². The van der Waals surface area contributed by atoms with Gasteiger partial charge in [0.25, 0.3) is 0 Å². The smallest absolute Gasteiger partial charge is 0.133 e. The van der Waals surface area contributed by atoms with Crippen LogP contribution in [0.15, 0.2) is 0 Å². The van der Waals surface area contributed by atoms with Crippen molar-refractivity contribution in [2.45, 2.75) is 77.4 Å². The van der Waals surface area contributed by atoms with Gasteiger partial charge in [-0.15, -0.1) is 0 Å². The van der Waals surface area contributed by atoms with Crippen molar-refractivity contribution in [3.8, 4) is 0 Å². The number of ketones is 1. The quantitative estimate of drug-likeness (QED) is 0.723. The molecule has 0 aromatic heterocycles. The topological polar surface area (TPSA) is 57.5 Å². The number of hydrogen-bond donors (Lipinski definition) is 2. The van der Waals surface area contributed by atoms with Gasteiger partial charge in [0.1, 0.15) is 5.78 Å². The highest BCUT2D eigenvalue weighted by Gasteiger charge is 2.61. The van der Waals surface area contributed by atoms with Crippen molar-refractivity contribution in [1.82, 2.24) is 0 Å². The Morgan fingerprint density at radius 1 is 1.05 bits per heavy atom. The molecule has 0 saturated heterocycles. The molecule has 4 fully saturated rings. The van der Waals surface area contributed by atoms with Crippen LogP contribution in [0, 0.1) is 34.5 Å². The van der Waals surface area contributed by atoms with Crippen molar-refractivity contribution in [3.63, 3.8) is 0 Å². The Morgan fingerprint density at radius 3 is 2.59 bits per heavy atom. The fraction of sp³-hybridized carbons (Fsp3) is 0.947. The zero-order valence-corrected chi connectivity index (χ0v) is 13.9. The van der Waals surface area contributed by atoms with Crippen LogP contribution in [0.3, 0.4) is 0 Å². The molecule has 0 amide bonds. The molecule has 0 heterocycles. The average Bonchev–Trinajstić information content (AvgIpc) is 2.72. The molecule has 0 radical (unpaired) electrons. The Labute approximate surface area is 133 Å². The molecule has 4 aliphatic rings. The highest BCUT2D eigenvalue weighted by molar-refractivity contribution is 5.82. The SMILES string of the molecule is C[C@]12CC[C@H]3[C@@H](C[C@H](O)[C@H]4CC[C@H](O)C[C@@]43C)[C@@H]1CC(=O)C2. The highest BCUT2D eigenvalue weighted by Crippen LogP contribution is 2.65. The average molecular weight is 306 g/mol. The largest absolute Gasteiger partial charge is 0.393 e. The van der Waals surface area contributed by atoms with Crippen LogP contribution in [-0.2, 0) is 4.79 Å². The van der Waals surface area contributed by atoms with Gasteiger partial charge >= 0.3 is 0 Å². The van der Waals surface area contributed by atoms with Gasteiger partial charge in [-0.2, -0.15) is 0 Å². The number of aliphatic hydroxyl groups excluding tert-OH is 2. The van der Waals surface area contributed by atoms with Gasteiger partial charge in [0.05, 0.1) is 12.2 Å². The summed E-state index contributed by atoms with van der Waals surface area (Å²) in [6.07, 6.45) is 6.89. The van der Waals surface area contributed by atoms with Gasteiger partial charge in [0, 0.05) is 12.8 Å². The summed E-state index contributed by atoms with van der Waals surface area (Å²) in [4.78, 5) is 12.1. The minimum atomic E-state index is -0.239. The molecule has 3 heteroatoms. The van der Waals surface area contributed by atoms with Crippen molar-refractivity contribution in [1.29, 1.82) is 0 Å². The molecule has 4 saturated carbocycles.